The van der Waals surface area contributed by atoms with Gasteiger partial charge in [-0.15, -0.1) is 0 Å². The van der Waals surface area contributed by atoms with Gasteiger partial charge in [-0.2, -0.15) is 0 Å². The molecule has 1 rings (SSSR count). The third-order valence-corrected chi connectivity index (χ3v) is 3.38. The van der Waals surface area contributed by atoms with Crippen molar-refractivity contribution in [2.45, 2.75) is 51.7 Å². The van der Waals surface area contributed by atoms with Crippen molar-refractivity contribution in [1.29, 1.82) is 0 Å². The van der Waals surface area contributed by atoms with Gasteiger partial charge in [-0.3, -0.25) is 0 Å². The van der Waals surface area contributed by atoms with Crippen LogP contribution >= 0.6 is 0 Å². The van der Waals surface area contributed by atoms with Crippen molar-refractivity contribution < 1.29 is 19.4 Å². The Hall–Kier alpha value is -1.30. The van der Waals surface area contributed by atoms with E-state index in [0.29, 0.717) is 25.9 Å². The van der Waals surface area contributed by atoms with Gasteiger partial charge in [0.1, 0.15) is 11.1 Å². The first-order valence-corrected chi connectivity index (χ1v) is 6.66. The molecule has 6 heteroatoms. The molecule has 0 saturated carbocycles. The Labute approximate surface area is 113 Å². The van der Waals surface area contributed by atoms with Gasteiger partial charge in [-0.25, -0.2) is 9.59 Å². The minimum atomic E-state index is -1.23. The predicted octanol–water partition coefficient (Wildman–Crippen LogP) is 1.35. The molecule has 1 aliphatic heterocycles. The molecule has 0 bridgehead atoms. The van der Waals surface area contributed by atoms with Crippen molar-refractivity contribution >= 4 is 12.1 Å². The third kappa shape index (κ3) is 3.83. The number of alkyl carbamates (subject to hydrolysis) is 1. The Morgan fingerprint density at radius 3 is 2.58 bits per heavy atom. The maximum Gasteiger partial charge on any atom is 0.408 e. The Morgan fingerprint density at radius 1 is 1.47 bits per heavy atom. The lowest BCUT2D eigenvalue weighted by molar-refractivity contribution is -0.148. The molecule has 2 unspecified atom stereocenters. The third-order valence-electron chi connectivity index (χ3n) is 3.38. The van der Waals surface area contributed by atoms with Crippen LogP contribution < -0.4 is 10.6 Å². The van der Waals surface area contributed by atoms with E-state index in [-0.39, 0.29) is 5.92 Å². The highest BCUT2D eigenvalue weighted by atomic mass is 16.6. The van der Waals surface area contributed by atoms with E-state index in [2.05, 4.69) is 10.6 Å². The molecule has 0 aromatic heterocycles. The summed E-state index contributed by atoms with van der Waals surface area (Å²) in [5, 5.41) is 15.3. The summed E-state index contributed by atoms with van der Waals surface area (Å²) in [6, 6.07) is 0. The predicted molar refractivity (Wildman–Crippen MR) is 71.0 cm³/mol. The number of carbonyl (C=O) groups is 2. The molecule has 110 valence electrons. The zero-order chi connectivity index (χ0) is 14.7. The summed E-state index contributed by atoms with van der Waals surface area (Å²) in [5.74, 6) is -1.14. The lowest BCUT2D eigenvalue weighted by atomic mass is 9.77. The van der Waals surface area contributed by atoms with Crippen molar-refractivity contribution in [2.75, 3.05) is 13.1 Å². The number of hydrogen-bond acceptors (Lipinski definition) is 4. The molecule has 1 aliphatic rings. The second-order valence-electron chi connectivity index (χ2n) is 5.96. The van der Waals surface area contributed by atoms with E-state index >= 15 is 0 Å². The van der Waals surface area contributed by atoms with Crippen LogP contribution in [0.15, 0.2) is 0 Å². The quantitative estimate of drug-likeness (QED) is 0.722. The monoisotopic (exact) mass is 272 g/mol. The number of carboxylic acid groups (broad SMARTS) is 1. The van der Waals surface area contributed by atoms with Crippen LogP contribution in [0.3, 0.4) is 0 Å². The Kier molecular flexibility index (Phi) is 4.79. The van der Waals surface area contributed by atoms with Crippen LogP contribution in [-0.4, -0.2) is 41.4 Å². The average Bonchev–Trinajstić information content (AvgIpc) is 2.26. The fraction of sp³-hybridized carbons (Fsp3) is 0.846. The number of amides is 1. The van der Waals surface area contributed by atoms with Crippen LogP contribution in [0, 0.1) is 5.92 Å². The van der Waals surface area contributed by atoms with Gasteiger partial charge in [-0.1, -0.05) is 6.92 Å². The molecule has 2 atom stereocenters. The topological polar surface area (TPSA) is 87.7 Å². The summed E-state index contributed by atoms with van der Waals surface area (Å²) in [6.07, 6.45) is 0.366. The van der Waals surface area contributed by atoms with Crippen LogP contribution in [-0.2, 0) is 9.53 Å². The highest BCUT2D eigenvalue weighted by Crippen LogP contribution is 2.28. The molecule has 19 heavy (non-hydrogen) atoms. The van der Waals surface area contributed by atoms with Gasteiger partial charge in [0.15, 0.2) is 0 Å². The van der Waals surface area contributed by atoms with Crippen molar-refractivity contribution in [3.63, 3.8) is 0 Å². The summed E-state index contributed by atoms with van der Waals surface area (Å²) >= 11 is 0. The molecule has 0 aromatic carbocycles. The zero-order valence-electron chi connectivity index (χ0n) is 12.1. The van der Waals surface area contributed by atoms with Crippen molar-refractivity contribution in [3.8, 4) is 0 Å². The normalized spacial score (nSPS) is 27.7. The smallest absolute Gasteiger partial charge is 0.408 e. The van der Waals surface area contributed by atoms with Gasteiger partial charge in [-0.05, 0) is 40.2 Å². The van der Waals surface area contributed by atoms with Crippen molar-refractivity contribution in [1.82, 2.24) is 10.6 Å². The van der Waals surface area contributed by atoms with E-state index in [4.69, 9.17) is 4.74 Å². The van der Waals surface area contributed by atoms with Gasteiger partial charge in [0.05, 0.1) is 0 Å². The summed E-state index contributed by atoms with van der Waals surface area (Å²) in [5.41, 5.74) is -1.87. The molecule has 0 aliphatic carbocycles. The number of hydrogen-bond donors (Lipinski definition) is 3. The van der Waals surface area contributed by atoms with Gasteiger partial charge >= 0.3 is 12.1 Å². The number of rotatable bonds is 3. The van der Waals surface area contributed by atoms with E-state index < -0.39 is 23.2 Å². The average molecular weight is 272 g/mol. The van der Waals surface area contributed by atoms with Crippen LogP contribution in [0.25, 0.3) is 0 Å². The molecular weight excluding hydrogens is 248 g/mol. The Balaban J connectivity index is 2.87. The largest absolute Gasteiger partial charge is 0.479 e. The lowest BCUT2D eigenvalue weighted by Crippen LogP contribution is -2.65. The van der Waals surface area contributed by atoms with E-state index in [9.17, 15) is 14.7 Å². The lowest BCUT2D eigenvalue weighted by Gasteiger charge is -2.41. The van der Waals surface area contributed by atoms with Gasteiger partial charge in [0, 0.05) is 12.5 Å². The van der Waals surface area contributed by atoms with Crippen LogP contribution in [0.2, 0.25) is 0 Å². The molecule has 3 N–H and O–H groups in total. The van der Waals surface area contributed by atoms with Gasteiger partial charge in [0.2, 0.25) is 0 Å². The molecule has 0 spiro atoms. The second-order valence-corrected chi connectivity index (χ2v) is 5.96. The number of carboxylic acids is 1. The zero-order valence-corrected chi connectivity index (χ0v) is 12.1. The van der Waals surface area contributed by atoms with E-state index in [1.165, 1.54) is 0 Å². The SMILES string of the molecule is CCC1CNCCC1(NC(=O)OC(C)(C)C)C(=O)O. The second kappa shape index (κ2) is 5.77. The minimum absolute atomic E-state index is 0.147. The summed E-state index contributed by atoms with van der Waals surface area (Å²) < 4.78 is 5.17. The maximum atomic E-state index is 11.9. The molecular formula is C13H24N2O4. The molecule has 6 nitrogen and oxygen atoms in total. The minimum Gasteiger partial charge on any atom is -0.479 e. The van der Waals surface area contributed by atoms with E-state index in [1.807, 2.05) is 6.92 Å². The number of ether oxygens (including phenoxy) is 1. The molecule has 0 radical (unpaired) electrons. The number of aliphatic carboxylic acids is 1. The summed E-state index contributed by atoms with van der Waals surface area (Å²) in [7, 11) is 0. The first-order valence-electron chi connectivity index (χ1n) is 6.66. The molecule has 1 heterocycles. The summed E-state index contributed by atoms with van der Waals surface area (Å²) in [6.45, 7) is 8.32. The van der Waals surface area contributed by atoms with E-state index in [1.54, 1.807) is 20.8 Å². The van der Waals surface area contributed by atoms with Crippen LogP contribution in [0.1, 0.15) is 40.5 Å². The van der Waals surface area contributed by atoms with Crippen molar-refractivity contribution in [3.05, 3.63) is 0 Å². The van der Waals surface area contributed by atoms with E-state index in [0.717, 1.165) is 0 Å². The van der Waals surface area contributed by atoms with Gasteiger partial charge in [0.25, 0.3) is 0 Å². The molecule has 1 amide bonds. The summed E-state index contributed by atoms with van der Waals surface area (Å²) in [4.78, 5) is 23.5. The number of piperidine rings is 1. The molecule has 0 aromatic rings. The Morgan fingerprint density at radius 2 is 2.11 bits per heavy atom. The fourth-order valence-electron chi connectivity index (χ4n) is 2.42. The highest BCUT2D eigenvalue weighted by Gasteiger charge is 2.48. The number of carbonyl (C=O) groups excluding carboxylic acids is 1. The highest BCUT2D eigenvalue weighted by molar-refractivity contribution is 5.85. The van der Waals surface area contributed by atoms with Crippen LogP contribution in [0.5, 0.6) is 0 Å². The maximum absolute atomic E-state index is 11.9. The first kappa shape index (κ1) is 15.8. The number of nitrogens with one attached hydrogen (secondary N) is 2. The van der Waals surface area contributed by atoms with Gasteiger partial charge < -0.3 is 20.5 Å². The van der Waals surface area contributed by atoms with Crippen LogP contribution in [0.4, 0.5) is 4.79 Å². The molecule has 1 saturated heterocycles. The molecule has 1 fully saturated rings. The fourth-order valence-corrected chi connectivity index (χ4v) is 2.42. The first-order chi connectivity index (χ1) is 8.71. The standard InChI is InChI=1S/C13H24N2O4/c1-5-9-8-14-7-6-13(9,10(16)17)15-11(18)19-12(2,3)4/h9,14H,5-8H2,1-4H3,(H,15,18)(H,16,17). The Bertz CT molecular complexity index is 351. The van der Waals surface area contributed by atoms with Crippen molar-refractivity contribution in [2.24, 2.45) is 5.92 Å².